The van der Waals surface area contributed by atoms with Gasteiger partial charge in [0.1, 0.15) is 17.6 Å². The molecule has 0 saturated heterocycles. The van der Waals surface area contributed by atoms with Gasteiger partial charge in [0, 0.05) is 60.2 Å². The van der Waals surface area contributed by atoms with Crippen LogP contribution in [-0.2, 0) is 0 Å². The Labute approximate surface area is 273 Å². The van der Waals surface area contributed by atoms with Crippen molar-refractivity contribution in [1.82, 2.24) is 0 Å². The summed E-state index contributed by atoms with van der Waals surface area (Å²) >= 11 is 3.45. The van der Waals surface area contributed by atoms with Gasteiger partial charge in [-0.3, -0.25) is 0 Å². The molecule has 0 amide bonds. The van der Waals surface area contributed by atoms with E-state index in [9.17, 15) is 0 Å². The van der Waals surface area contributed by atoms with Gasteiger partial charge in [0.05, 0.1) is 6.61 Å². The van der Waals surface area contributed by atoms with E-state index in [1.54, 1.807) is 22.7 Å². The topological polar surface area (TPSA) is 18.5 Å². The molecule has 1 aromatic carbocycles. The summed E-state index contributed by atoms with van der Waals surface area (Å²) in [6, 6.07) is 12.6. The van der Waals surface area contributed by atoms with Crippen molar-refractivity contribution in [1.29, 1.82) is 0 Å². The Morgan fingerprint density at radius 2 is 1.07 bits per heavy atom. The number of hydrogen-bond acceptors (Lipinski definition) is 4. The van der Waals surface area contributed by atoms with Crippen molar-refractivity contribution in [3.05, 3.63) is 46.2 Å². The van der Waals surface area contributed by atoms with Crippen LogP contribution in [0.3, 0.4) is 0 Å². The summed E-state index contributed by atoms with van der Waals surface area (Å²) in [5, 5.41) is 0. The Hall–Kier alpha value is -4.42. The zero-order valence-corrected chi connectivity index (χ0v) is 27.6. The van der Waals surface area contributed by atoms with Crippen LogP contribution in [-0.4, -0.2) is 6.61 Å². The van der Waals surface area contributed by atoms with Crippen LogP contribution in [0.5, 0.6) is 11.5 Å². The number of terminal acetylenes is 1. The molecule has 44 heavy (non-hydrogen) atoms. The maximum absolute atomic E-state index is 6.46. The molecule has 0 spiro atoms. The summed E-state index contributed by atoms with van der Waals surface area (Å²) in [7, 11) is 0. The molecule has 0 unspecified atom stereocenters. The predicted molar refractivity (Wildman–Crippen MR) is 188 cm³/mol. The predicted octanol–water partition coefficient (Wildman–Crippen LogP) is 10.0. The van der Waals surface area contributed by atoms with E-state index in [4.69, 9.17) is 15.9 Å². The highest BCUT2D eigenvalue weighted by atomic mass is 32.1. The lowest BCUT2D eigenvalue weighted by Crippen LogP contribution is -2.00. The van der Waals surface area contributed by atoms with Crippen LogP contribution in [0.15, 0.2) is 36.4 Å². The standard InChI is InChI=1S/C40H38O2S2/c1-5-7-9-11-13-15-17-19-21-23-29-41-37-31-36(40-28-26-34(4)44-40)38(32-35(37)39-27-25-33(3)43-39)42-30-24-22-20-18-16-14-12-10-8-6-2/h1,25-28,31-32H,6,8,10,12,14,16,18,20,22,24,30H2,2-4H3. The monoisotopic (exact) mass is 614 g/mol. The normalized spacial score (nSPS) is 9.32. The van der Waals surface area contributed by atoms with Crippen LogP contribution >= 0.6 is 22.7 Å². The van der Waals surface area contributed by atoms with E-state index >= 15 is 0 Å². The van der Waals surface area contributed by atoms with Crippen LogP contribution in [0.2, 0.25) is 0 Å². The lowest BCUT2D eigenvalue weighted by Gasteiger charge is -2.15. The summed E-state index contributed by atoms with van der Waals surface area (Å²) in [5.74, 6) is 26.9. The van der Waals surface area contributed by atoms with E-state index in [1.807, 2.05) is 6.07 Å². The van der Waals surface area contributed by atoms with Gasteiger partial charge >= 0.3 is 0 Å². The van der Waals surface area contributed by atoms with Crippen LogP contribution in [0.25, 0.3) is 20.9 Å². The Balaban J connectivity index is 1.74. The van der Waals surface area contributed by atoms with Gasteiger partial charge in [0.2, 0.25) is 0 Å². The minimum atomic E-state index is 0.664. The molecule has 2 heterocycles. The molecule has 0 radical (unpaired) electrons. The Morgan fingerprint density at radius 3 is 1.59 bits per heavy atom. The van der Waals surface area contributed by atoms with Crippen molar-refractivity contribution < 1.29 is 9.47 Å². The molecule has 0 aliphatic rings. The molecule has 0 aliphatic carbocycles. The SMILES string of the molecule is C#CC#CC#CC#CC#CC#COc1cc(-c2ccc(C)s2)c(OCCCCCCCCCCCC)cc1-c1ccc(C)s1. The molecule has 2 nitrogen and oxygen atoms in total. The molecule has 3 rings (SSSR count). The van der Waals surface area contributed by atoms with E-state index in [2.05, 4.69) is 116 Å². The first-order valence-corrected chi connectivity index (χ1v) is 16.8. The number of ether oxygens (including phenoxy) is 2. The molecular weight excluding hydrogens is 577 g/mol. The van der Waals surface area contributed by atoms with Gasteiger partial charge in [-0.2, -0.15) is 0 Å². The third-order valence-corrected chi connectivity index (χ3v) is 8.70. The van der Waals surface area contributed by atoms with Gasteiger partial charge in [-0.15, -0.1) is 29.1 Å². The van der Waals surface area contributed by atoms with Crippen molar-refractivity contribution in [2.75, 3.05) is 6.61 Å². The first-order chi connectivity index (χ1) is 21.6. The summed E-state index contributed by atoms with van der Waals surface area (Å²) in [4.78, 5) is 4.70. The number of benzene rings is 1. The molecule has 4 heteroatoms. The van der Waals surface area contributed by atoms with Gasteiger partial charge in [0.25, 0.3) is 0 Å². The largest absolute Gasteiger partial charge is 0.493 e. The number of unbranched alkanes of at least 4 members (excludes halogenated alkanes) is 9. The maximum atomic E-state index is 6.46. The number of thiophene rings is 2. The molecule has 3 aromatic rings. The zero-order valence-electron chi connectivity index (χ0n) is 26.0. The van der Waals surface area contributed by atoms with Crippen LogP contribution in [0, 0.1) is 85.6 Å². The highest BCUT2D eigenvalue weighted by molar-refractivity contribution is 7.15. The lowest BCUT2D eigenvalue weighted by molar-refractivity contribution is 0.305. The van der Waals surface area contributed by atoms with Crippen LogP contribution in [0.1, 0.15) is 80.9 Å². The molecule has 0 saturated carbocycles. The van der Waals surface area contributed by atoms with Crippen LogP contribution in [0.4, 0.5) is 0 Å². The smallest absolute Gasteiger partial charge is 0.149 e. The maximum Gasteiger partial charge on any atom is 0.149 e. The van der Waals surface area contributed by atoms with Crippen molar-refractivity contribution in [2.45, 2.75) is 85.0 Å². The summed E-state index contributed by atoms with van der Waals surface area (Å²) in [5.41, 5.74) is 1.95. The first kappa shape index (κ1) is 34.1. The molecule has 0 atom stereocenters. The van der Waals surface area contributed by atoms with E-state index in [-0.39, 0.29) is 0 Å². The zero-order chi connectivity index (χ0) is 31.2. The average molecular weight is 615 g/mol. The second-order valence-electron chi connectivity index (χ2n) is 10.2. The fourth-order valence-corrected chi connectivity index (χ4v) is 6.22. The van der Waals surface area contributed by atoms with Crippen molar-refractivity contribution in [3.63, 3.8) is 0 Å². The van der Waals surface area contributed by atoms with E-state index < -0.39 is 0 Å². The summed E-state index contributed by atoms with van der Waals surface area (Å²) in [6.07, 6.45) is 20.7. The first-order valence-electron chi connectivity index (χ1n) is 15.2. The summed E-state index contributed by atoms with van der Waals surface area (Å²) in [6.45, 7) is 7.17. The van der Waals surface area contributed by atoms with Gasteiger partial charge in [-0.05, 0) is 86.3 Å². The Morgan fingerprint density at radius 1 is 0.591 bits per heavy atom. The third kappa shape index (κ3) is 12.4. The van der Waals surface area contributed by atoms with E-state index in [0.29, 0.717) is 12.4 Å². The minimum Gasteiger partial charge on any atom is -0.493 e. The highest BCUT2D eigenvalue weighted by Crippen LogP contribution is 2.44. The molecule has 0 fully saturated rings. The van der Waals surface area contributed by atoms with Crippen molar-refractivity contribution in [3.8, 4) is 104 Å². The Bertz CT molecular complexity index is 1720. The minimum absolute atomic E-state index is 0.664. The fourth-order valence-electron chi connectivity index (χ4n) is 4.44. The second-order valence-corrected chi connectivity index (χ2v) is 12.7. The van der Waals surface area contributed by atoms with E-state index in [0.717, 1.165) is 33.1 Å². The van der Waals surface area contributed by atoms with E-state index in [1.165, 1.54) is 67.5 Å². The number of aryl methyl sites for hydroxylation is 2. The molecule has 222 valence electrons. The van der Waals surface area contributed by atoms with Crippen LogP contribution < -0.4 is 9.47 Å². The third-order valence-electron chi connectivity index (χ3n) is 6.63. The molecule has 0 bridgehead atoms. The Kier molecular flexibility index (Phi) is 15.9. The lowest BCUT2D eigenvalue weighted by atomic mass is 10.1. The highest BCUT2D eigenvalue weighted by Gasteiger charge is 2.17. The molecule has 2 aromatic heterocycles. The average Bonchev–Trinajstić information content (AvgIpc) is 3.66. The summed E-state index contributed by atoms with van der Waals surface area (Å²) < 4.78 is 12.4. The van der Waals surface area contributed by atoms with Crippen molar-refractivity contribution >= 4 is 22.7 Å². The number of hydrogen-bond donors (Lipinski definition) is 0. The molecule has 0 N–H and O–H groups in total. The van der Waals surface area contributed by atoms with Gasteiger partial charge in [-0.25, -0.2) is 0 Å². The van der Waals surface area contributed by atoms with Gasteiger partial charge in [-0.1, -0.05) is 64.7 Å². The van der Waals surface area contributed by atoms with Gasteiger partial charge < -0.3 is 9.47 Å². The molecular formula is C40H38O2S2. The number of rotatable bonds is 15. The fraction of sp³-hybridized carbons (Fsp3) is 0.350. The second kappa shape index (κ2) is 20.5. The van der Waals surface area contributed by atoms with Crippen molar-refractivity contribution in [2.24, 2.45) is 0 Å². The van der Waals surface area contributed by atoms with Gasteiger partial charge in [0.15, 0.2) is 0 Å². The quantitative estimate of drug-likeness (QED) is 0.125. The molecule has 0 aliphatic heterocycles.